The highest BCUT2D eigenvalue weighted by Crippen LogP contribution is 2.31. The van der Waals surface area contributed by atoms with Gasteiger partial charge < -0.3 is 0 Å². The standard InChI is InChI=1S/C14H13Cl3N4/c1-8-13(7-20(2)19-8)21-12-6-10(17)9(16)5-11(12)18-14(21)3-4-15/h5-7H,3-4H2,1-2H3. The van der Waals surface area contributed by atoms with E-state index < -0.39 is 0 Å². The second kappa shape index (κ2) is 5.52. The van der Waals surface area contributed by atoms with Crippen LogP contribution in [0.15, 0.2) is 18.3 Å². The number of nitrogens with zero attached hydrogens (tertiary/aromatic N) is 4. The molecule has 0 aliphatic rings. The Morgan fingerprint density at radius 3 is 2.52 bits per heavy atom. The van der Waals surface area contributed by atoms with Crippen LogP contribution in [0, 0.1) is 6.92 Å². The van der Waals surface area contributed by atoms with Crippen LogP contribution in [0.25, 0.3) is 16.7 Å². The molecule has 0 saturated heterocycles. The van der Waals surface area contributed by atoms with E-state index in [2.05, 4.69) is 10.1 Å². The van der Waals surface area contributed by atoms with Gasteiger partial charge in [-0.2, -0.15) is 5.10 Å². The number of fused-ring (bicyclic) bond motifs is 1. The van der Waals surface area contributed by atoms with E-state index in [4.69, 9.17) is 34.8 Å². The minimum atomic E-state index is 0.490. The van der Waals surface area contributed by atoms with Crippen LogP contribution in [0.1, 0.15) is 11.5 Å². The minimum Gasteiger partial charge on any atom is -0.293 e. The van der Waals surface area contributed by atoms with Crippen LogP contribution in [-0.2, 0) is 13.5 Å². The summed E-state index contributed by atoms with van der Waals surface area (Å²) in [6.07, 6.45) is 2.61. The van der Waals surface area contributed by atoms with Crippen molar-refractivity contribution in [1.29, 1.82) is 0 Å². The molecule has 4 nitrogen and oxygen atoms in total. The molecule has 110 valence electrons. The molecule has 0 bridgehead atoms. The van der Waals surface area contributed by atoms with E-state index in [1.165, 1.54) is 0 Å². The van der Waals surface area contributed by atoms with E-state index in [9.17, 15) is 0 Å². The summed E-state index contributed by atoms with van der Waals surface area (Å²) in [4.78, 5) is 4.63. The van der Waals surface area contributed by atoms with Crippen molar-refractivity contribution in [1.82, 2.24) is 19.3 Å². The number of rotatable bonds is 3. The molecule has 0 spiro atoms. The van der Waals surface area contributed by atoms with Crippen molar-refractivity contribution in [2.24, 2.45) is 7.05 Å². The monoisotopic (exact) mass is 342 g/mol. The lowest BCUT2D eigenvalue weighted by atomic mass is 10.3. The van der Waals surface area contributed by atoms with E-state index in [0.717, 1.165) is 28.2 Å². The summed E-state index contributed by atoms with van der Waals surface area (Å²) in [5.74, 6) is 1.36. The quantitative estimate of drug-likeness (QED) is 0.670. The highest BCUT2D eigenvalue weighted by molar-refractivity contribution is 6.42. The summed E-state index contributed by atoms with van der Waals surface area (Å²) in [5, 5.41) is 5.39. The number of hydrogen-bond acceptors (Lipinski definition) is 2. The maximum Gasteiger partial charge on any atom is 0.115 e. The molecule has 0 N–H and O–H groups in total. The average Bonchev–Trinajstić information content (AvgIpc) is 2.90. The van der Waals surface area contributed by atoms with Crippen LogP contribution >= 0.6 is 34.8 Å². The number of benzene rings is 1. The van der Waals surface area contributed by atoms with Gasteiger partial charge >= 0.3 is 0 Å². The molecule has 3 aromatic rings. The van der Waals surface area contributed by atoms with Crippen molar-refractivity contribution in [3.8, 4) is 5.69 Å². The molecule has 0 unspecified atom stereocenters. The molecule has 3 rings (SSSR count). The second-order valence-corrected chi connectivity index (χ2v) is 6.02. The lowest BCUT2D eigenvalue weighted by molar-refractivity contribution is 0.756. The first-order valence-electron chi connectivity index (χ1n) is 6.44. The average molecular weight is 344 g/mol. The van der Waals surface area contributed by atoms with E-state index >= 15 is 0 Å². The zero-order valence-electron chi connectivity index (χ0n) is 11.6. The zero-order chi connectivity index (χ0) is 15.1. The molecule has 0 atom stereocenters. The van der Waals surface area contributed by atoms with Crippen molar-refractivity contribution in [2.75, 3.05) is 5.88 Å². The molecular formula is C14H13Cl3N4. The van der Waals surface area contributed by atoms with Gasteiger partial charge in [0.25, 0.3) is 0 Å². The third-order valence-electron chi connectivity index (χ3n) is 3.31. The number of imidazole rings is 1. The highest BCUT2D eigenvalue weighted by atomic mass is 35.5. The van der Waals surface area contributed by atoms with E-state index in [0.29, 0.717) is 22.3 Å². The van der Waals surface area contributed by atoms with Gasteiger partial charge in [-0.1, -0.05) is 23.2 Å². The molecule has 7 heteroatoms. The highest BCUT2D eigenvalue weighted by Gasteiger charge is 2.17. The third-order valence-corrected chi connectivity index (χ3v) is 4.22. The van der Waals surface area contributed by atoms with Gasteiger partial charge in [-0.25, -0.2) is 4.98 Å². The van der Waals surface area contributed by atoms with Gasteiger partial charge in [0.1, 0.15) is 5.82 Å². The predicted octanol–water partition coefficient (Wildman–Crippen LogP) is 4.16. The maximum absolute atomic E-state index is 6.16. The van der Waals surface area contributed by atoms with Crippen molar-refractivity contribution in [3.05, 3.63) is 39.9 Å². The Labute approximate surface area is 137 Å². The molecule has 0 radical (unpaired) electrons. The first-order chi connectivity index (χ1) is 10.0. The molecule has 0 aliphatic heterocycles. The van der Waals surface area contributed by atoms with Crippen molar-refractivity contribution >= 4 is 45.8 Å². The summed E-state index contributed by atoms with van der Waals surface area (Å²) in [7, 11) is 1.89. The number of alkyl halides is 1. The Morgan fingerprint density at radius 2 is 1.90 bits per heavy atom. The van der Waals surface area contributed by atoms with Crippen LogP contribution in [-0.4, -0.2) is 25.2 Å². The smallest absolute Gasteiger partial charge is 0.115 e. The lowest BCUT2D eigenvalue weighted by Crippen LogP contribution is -2.02. The summed E-state index contributed by atoms with van der Waals surface area (Å²) in [5.41, 5.74) is 3.59. The number of halogens is 3. The largest absolute Gasteiger partial charge is 0.293 e. The van der Waals surface area contributed by atoms with Crippen LogP contribution in [0.5, 0.6) is 0 Å². The van der Waals surface area contributed by atoms with Crippen LogP contribution in [0.4, 0.5) is 0 Å². The SMILES string of the molecule is Cc1nn(C)cc1-n1c(CCCl)nc2cc(Cl)c(Cl)cc21. The van der Waals surface area contributed by atoms with E-state index in [1.807, 2.05) is 30.8 Å². The summed E-state index contributed by atoms with van der Waals surface area (Å²) in [6, 6.07) is 3.61. The van der Waals surface area contributed by atoms with Crippen LogP contribution in [0.2, 0.25) is 10.0 Å². The normalized spacial score (nSPS) is 11.5. The number of aryl methyl sites for hydroxylation is 3. The molecule has 2 aromatic heterocycles. The fourth-order valence-corrected chi connectivity index (χ4v) is 2.94. The van der Waals surface area contributed by atoms with Crippen molar-refractivity contribution in [2.45, 2.75) is 13.3 Å². The lowest BCUT2D eigenvalue weighted by Gasteiger charge is -2.07. The van der Waals surface area contributed by atoms with E-state index in [1.54, 1.807) is 10.7 Å². The molecule has 1 aromatic carbocycles. The summed E-state index contributed by atoms with van der Waals surface area (Å²) in [6.45, 7) is 1.96. The molecule has 0 amide bonds. The fourth-order valence-electron chi connectivity index (χ4n) is 2.45. The van der Waals surface area contributed by atoms with Gasteiger partial charge in [0, 0.05) is 25.5 Å². The summed E-state index contributed by atoms with van der Waals surface area (Å²) < 4.78 is 3.82. The van der Waals surface area contributed by atoms with Gasteiger partial charge in [-0.15, -0.1) is 11.6 Å². The van der Waals surface area contributed by atoms with Gasteiger partial charge in [-0.3, -0.25) is 9.25 Å². The topological polar surface area (TPSA) is 35.6 Å². The summed E-state index contributed by atoms with van der Waals surface area (Å²) >= 11 is 18.1. The van der Waals surface area contributed by atoms with Crippen molar-refractivity contribution < 1.29 is 0 Å². The predicted molar refractivity (Wildman–Crippen MR) is 87.0 cm³/mol. The van der Waals surface area contributed by atoms with Gasteiger partial charge in [-0.05, 0) is 19.1 Å². The Hall–Kier alpha value is -1.23. The van der Waals surface area contributed by atoms with Crippen LogP contribution in [0.3, 0.4) is 0 Å². The Kier molecular flexibility index (Phi) is 3.86. The van der Waals surface area contributed by atoms with Gasteiger partial charge in [0.15, 0.2) is 0 Å². The van der Waals surface area contributed by atoms with Crippen LogP contribution < -0.4 is 0 Å². The fraction of sp³-hybridized carbons (Fsp3) is 0.286. The molecule has 0 fully saturated rings. The molecule has 2 heterocycles. The Balaban J connectivity index is 2.35. The Morgan fingerprint density at radius 1 is 1.19 bits per heavy atom. The first-order valence-corrected chi connectivity index (χ1v) is 7.73. The minimum absolute atomic E-state index is 0.490. The second-order valence-electron chi connectivity index (χ2n) is 4.83. The Bertz CT molecular complexity index is 819. The molecule has 0 saturated carbocycles. The third kappa shape index (κ3) is 2.52. The molecule has 0 aliphatic carbocycles. The van der Waals surface area contributed by atoms with E-state index in [-0.39, 0.29) is 0 Å². The van der Waals surface area contributed by atoms with Gasteiger partial charge in [0.05, 0.1) is 32.5 Å². The van der Waals surface area contributed by atoms with Gasteiger partial charge in [0.2, 0.25) is 0 Å². The molecule has 21 heavy (non-hydrogen) atoms. The number of aromatic nitrogens is 4. The first kappa shape index (κ1) is 14.7. The zero-order valence-corrected chi connectivity index (χ0v) is 13.8. The maximum atomic E-state index is 6.16. The van der Waals surface area contributed by atoms with Crippen molar-refractivity contribution in [3.63, 3.8) is 0 Å². The number of hydrogen-bond donors (Lipinski definition) is 0. The molecular weight excluding hydrogens is 331 g/mol.